The number of nitrogens with zero attached hydrogens (tertiary/aromatic N) is 2. The molecule has 0 fully saturated rings. The highest BCUT2D eigenvalue weighted by Gasteiger charge is 2.28. The molecule has 122 valence electrons. The molecule has 23 heavy (non-hydrogen) atoms. The number of benzene rings is 1. The van der Waals surface area contributed by atoms with Crippen molar-refractivity contribution in [3.8, 4) is 5.69 Å². The van der Waals surface area contributed by atoms with E-state index in [4.69, 9.17) is 16.3 Å². The Balaban J connectivity index is 2.05. The first-order valence-electron chi connectivity index (χ1n) is 7.66. The minimum absolute atomic E-state index is 0.384. The Kier molecular flexibility index (Phi) is 4.17. The number of carbonyl (C=O) groups is 1. The molecule has 1 aromatic heterocycles. The standard InChI is InChI=1S/C17H20ClN3O2/c1-17(2,3)23-16(22)15-13-10-19-9-8-14(13)21(20-15)12-6-4-11(18)5-7-12/h4-7,19H,8-10H2,1-3H3. The van der Waals surface area contributed by atoms with Crippen LogP contribution in [0.25, 0.3) is 5.69 Å². The van der Waals surface area contributed by atoms with Crippen LogP contribution in [0.1, 0.15) is 42.5 Å². The maximum absolute atomic E-state index is 12.5. The summed E-state index contributed by atoms with van der Waals surface area (Å²) in [5.41, 5.74) is 2.70. The molecule has 0 atom stereocenters. The number of aromatic nitrogens is 2. The molecule has 0 saturated carbocycles. The van der Waals surface area contributed by atoms with E-state index in [2.05, 4.69) is 10.4 Å². The van der Waals surface area contributed by atoms with E-state index in [1.807, 2.05) is 49.7 Å². The van der Waals surface area contributed by atoms with E-state index in [1.54, 1.807) is 0 Å². The van der Waals surface area contributed by atoms with Crippen LogP contribution in [0.3, 0.4) is 0 Å². The van der Waals surface area contributed by atoms with Gasteiger partial charge < -0.3 is 10.1 Å². The molecule has 0 amide bonds. The number of fused-ring (bicyclic) bond motifs is 1. The van der Waals surface area contributed by atoms with Gasteiger partial charge in [-0.05, 0) is 45.0 Å². The van der Waals surface area contributed by atoms with Crippen molar-refractivity contribution in [2.24, 2.45) is 0 Å². The van der Waals surface area contributed by atoms with E-state index in [9.17, 15) is 4.79 Å². The zero-order valence-electron chi connectivity index (χ0n) is 13.5. The van der Waals surface area contributed by atoms with Crippen molar-refractivity contribution < 1.29 is 9.53 Å². The molecule has 1 aliphatic heterocycles. The molecule has 3 rings (SSSR count). The molecule has 1 N–H and O–H groups in total. The molecule has 1 aliphatic rings. The van der Waals surface area contributed by atoms with Crippen molar-refractivity contribution in [3.05, 3.63) is 46.2 Å². The summed E-state index contributed by atoms with van der Waals surface area (Å²) in [5.74, 6) is -0.384. The fourth-order valence-corrected chi connectivity index (χ4v) is 2.76. The van der Waals surface area contributed by atoms with E-state index >= 15 is 0 Å². The van der Waals surface area contributed by atoms with Gasteiger partial charge in [-0.3, -0.25) is 0 Å². The van der Waals surface area contributed by atoms with Gasteiger partial charge in [-0.15, -0.1) is 0 Å². The van der Waals surface area contributed by atoms with Gasteiger partial charge in [0.15, 0.2) is 5.69 Å². The molecular formula is C17H20ClN3O2. The monoisotopic (exact) mass is 333 g/mol. The summed E-state index contributed by atoms with van der Waals surface area (Å²) in [4.78, 5) is 12.5. The lowest BCUT2D eigenvalue weighted by Gasteiger charge is -2.19. The van der Waals surface area contributed by atoms with Gasteiger partial charge in [0, 0.05) is 30.1 Å². The molecule has 6 heteroatoms. The van der Waals surface area contributed by atoms with Gasteiger partial charge in [-0.2, -0.15) is 5.10 Å². The highest BCUT2D eigenvalue weighted by Crippen LogP contribution is 2.24. The lowest BCUT2D eigenvalue weighted by Crippen LogP contribution is -2.27. The molecule has 1 aromatic carbocycles. The van der Waals surface area contributed by atoms with Gasteiger partial charge in [0.2, 0.25) is 0 Å². The third-order valence-corrected chi connectivity index (χ3v) is 3.85. The van der Waals surface area contributed by atoms with Crippen molar-refractivity contribution in [1.29, 1.82) is 0 Å². The number of esters is 1. The Morgan fingerprint density at radius 3 is 2.65 bits per heavy atom. The third-order valence-electron chi connectivity index (χ3n) is 3.59. The second-order valence-corrected chi connectivity index (χ2v) is 7.03. The maximum atomic E-state index is 12.5. The van der Waals surface area contributed by atoms with E-state index in [1.165, 1.54) is 0 Å². The Bertz CT molecular complexity index is 730. The lowest BCUT2D eigenvalue weighted by molar-refractivity contribution is 0.00610. The van der Waals surface area contributed by atoms with Gasteiger partial charge in [0.1, 0.15) is 5.60 Å². The Labute approximate surface area is 140 Å². The first-order valence-corrected chi connectivity index (χ1v) is 8.04. The molecular weight excluding hydrogens is 314 g/mol. The largest absolute Gasteiger partial charge is 0.455 e. The van der Waals surface area contributed by atoms with E-state index in [0.717, 1.165) is 29.9 Å². The molecule has 0 aliphatic carbocycles. The number of rotatable bonds is 2. The SMILES string of the molecule is CC(C)(C)OC(=O)c1nn(-c2ccc(Cl)cc2)c2c1CNCC2. The fourth-order valence-electron chi connectivity index (χ4n) is 2.63. The molecule has 2 aromatic rings. The Morgan fingerprint density at radius 2 is 2.00 bits per heavy atom. The minimum atomic E-state index is -0.546. The van der Waals surface area contributed by atoms with Gasteiger partial charge in [-0.1, -0.05) is 11.6 Å². The summed E-state index contributed by atoms with van der Waals surface area (Å²) in [6.07, 6.45) is 0.813. The summed E-state index contributed by atoms with van der Waals surface area (Å²) in [6, 6.07) is 7.44. The molecule has 0 radical (unpaired) electrons. The normalized spacial score (nSPS) is 14.4. The molecule has 2 heterocycles. The molecule has 0 unspecified atom stereocenters. The van der Waals surface area contributed by atoms with Crippen LogP contribution in [0.5, 0.6) is 0 Å². The summed E-state index contributed by atoms with van der Waals surface area (Å²) >= 11 is 5.96. The van der Waals surface area contributed by atoms with E-state index in [-0.39, 0.29) is 5.97 Å². The van der Waals surface area contributed by atoms with Gasteiger partial charge in [-0.25, -0.2) is 9.48 Å². The average molecular weight is 334 g/mol. The number of hydrogen-bond donors (Lipinski definition) is 1. The number of halogens is 1. The molecule has 0 spiro atoms. The highest BCUT2D eigenvalue weighted by molar-refractivity contribution is 6.30. The second kappa shape index (κ2) is 5.98. The van der Waals surface area contributed by atoms with Crippen LogP contribution in [0.2, 0.25) is 5.02 Å². The van der Waals surface area contributed by atoms with Crippen molar-refractivity contribution in [1.82, 2.24) is 15.1 Å². The summed E-state index contributed by atoms with van der Waals surface area (Å²) in [7, 11) is 0. The van der Waals surface area contributed by atoms with Crippen LogP contribution in [0, 0.1) is 0 Å². The number of hydrogen-bond acceptors (Lipinski definition) is 4. The number of carbonyl (C=O) groups excluding carboxylic acids is 1. The van der Waals surface area contributed by atoms with Crippen LogP contribution >= 0.6 is 11.6 Å². The molecule has 0 saturated heterocycles. The smallest absolute Gasteiger partial charge is 0.359 e. The Morgan fingerprint density at radius 1 is 1.30 bits per heavy atom. The quantitative estimate of drug-likeness (QED) is 0.858. The van der Waals surface area contributed by atoms with Crippen LogP contribution in [0.15, 0.2) is 24.3 Å². The summed E-state index contributed by atoms with van der Waals surface area (Å²) < 4.78 is 7.32. The maximum Gasteiger partial charge on any atom is 0.359 e. The van der Waals surface area contributed by atoms with Crippen LogP contribution in [-0.4, -0.2) is 27.9 Å². The minimum Gasteiger partial charge on any atom is -0.455 e. The topological polar surface area (TPSA) is 56.1 Å². The van der Waals surface area contributed by atoms with Crippen molar-refractivity contribution >= 4 is 17.6 Å². The summed E-state index contributed by atoms with van der Waals surface area (Å²) in [6.45, 7) is 7.04. The van der Waals surface area contributed by atoms with Crippen molar-refractivity contribution in [2.75, 3.05) is 6.54 Å². The number of nitrogens with one attached hydrogen (secondary N) is 1. The van der Waals surface area contributed by atoms with Crippen molar-refractivity contribution in [3.63, 3.8) is 0 Å². The van der Waals surface area contributed by atoms with Gasteiger partial charge in [0.05, 0.1) is 11.4 Å². The second-order valence-electron chi connectivity index (χ2n) is 6.59. The zero-order chi connectivity index (χ0) is 16.6. The summed E-state index contributed by atoms with van der Waals surface area (Å²) in [5, 5.41) is 8.50. The first-order chi connectivity index (χ1) is 10.8. The van der Waals surface area contributed by atoms with E-state index < -0.39 is 5.60 Å². The van der Waals surface area contributed by atoms with Crippen LogP contribution in [0.4, 0.5) is 0 Å². The molecule has 5 nitrogen and oxygen atoms in total. The Hall–Kier alpha value is -1.85. The van der Waals surface area contributed by atoms with Crippen LogP contribution in [-0.2, 0) is 17.7 Å². The van der Waals surface area contributed by atoms with Gasteiger partial charge >= 0.3 is 5.97 Å². The average Bonchev–Trinajstić information content (AvgIpc) is 2.86. The molecule has 0 bridgehead atoms. The first kappa shape index (κ1) is 16.0. The number of ether oxygens (including phenoxy) is 1. The fraction of sp³-hybridized carbons (Fsp3) is 0.412. The highest BCUT2D eigenvalue weighted by atomic mass is 35.5. The van der Waals surface area contributed by atoms with Crippen molar-refractivity contribution in [2.45, 2.75) is 39.3 Å². The lowest BCUT2D eigenvalue weighted by atomic mass is 10.1. The van der Waals surface area contributed by atoms with Crippen LogP contribution < -0.4 is 5.32 Å². The van der Waals surface area contributed by atoms with E-state index in [0.29, 0.717) is 17.3 Å². The third kappa shape index (κ3) is 3.41. The predicted octanol–water partition coefficient (Wildman–Crippen LogP) is 3.13. The zero-order valence-corrected chi connectivity index (χ0v) is 14.3. The predicted molar refractivity (Wildman–Crippen MR) is 89.2 cm³/mol. The van der Waals surface area contributed by atoms with Gasteiger partial charge in [0.25, 0.3) is 0 Å².